The number of piperidine rings is 1. The van der Waals surface area contributed by atoms with Crippen molar-refractivity contribution in [1.82, 2.24) is 10.2 Å². The van der Waals surface area contributed by atoms with E-state index >= 15 is 4.79 Å². The maximum Gasteiger partial charge on any atom is 0.310 e. The molecule has 1 aliphatic heterocycles. The zero-order valence-corrected chi connectivity index (χ0v) is 42.6. The predicted octanol–water partition coefficient (Wildman–Crippen LogP) is 11.8. The number of nitrogens with one attached hydrogen (secondary N) is 1. The van der Waals surface area contributed by atoms with Gasteiger partial charge in [-0.05, 0) is 195 Å². The fourth-order valence-electron chi connectivity index (χ4n) is 20.4. The summed E-state index contributed by atoms with van der Waals surface area (Å²) in [6.45, 7) is 25.3. The average Bonchev–Trinajstić information content (AvgIpc) is 3.88. The number of rotatable bonds is 9. The van der Waals surface area contributed by atoms with E-state index in [4.69, 9.17) is 0 Å². The molecule has 1 saturated heterocycles. The first-order valence-electron chi connectivity index (χ1n) is 26.9. The van der Waals surface area contributed by atoms with Crippen LogP contribution in [0.3, 0.4) is 0 Å². The Labute approximate surface area is 397 Å². The summed E-state index contributed by atoms with van der Waals surface area (Å²) in [4.78, 5) is 58.7. The molecule has 8 saturated carbocycles. The molecule has 8 aliphatic carbocycles. The molecule has 0 spiro atoms. The normalized spacial score (nSPS) is 46.7. The molecule has 66 heavy (non-hydrogen) atoms. The van der Waals surface area contributed by atoms with E-state index in [1.165, 1.54) is 19.3 Å². The van der Waals surface area contributed by atoms with Crippen LogP contribution in [-0.2, 0) is 25.6 Å². The van der Waals surface area contributed by atoms with Crippen LogP contribution >= 0.6 is 0 Å². The van der Waals surface area contributed by atoms with Crippen molar-refractivity contribution in [3.8, 4) is 0 Å². The van der Waals surface area contributed by atoms with E-state index in [2.05, 4.69) is 65.6 Å². The number of hydrogen-bond acceptors (Lipinski definition) is 4. The summed E-state index contributed by atoms with van der Waals surface area (Å²) in [6, 6.07) is 9.84. The second-order valence-electron chi connectivity index (χ2n) is 27.7. The van der Waals surface area contributed by atoms with Crippen molar-refractivity contribution < 1.29 is 29.4 Å². The number of fused-ring (bicyclic) bond motifs is 7. The summed E-state index contributed by atoms with van der Waals surface area (Å²) >= 11 is 0. The first kappa shape index (κ1) is 46.8. The molecular formula is C58H86N2O6. The molecule has 1 aromatic rings. The van der Waals surface area contributed by atoms with Crippen LogP contribution in [0.4, 0.5) is 0 Å². The lowest BCUT2D eigenvalue weighted by molar-refractivity contribution is -0.285. The van der Waals surface area contributed by atoms with Gasteiger partial charge in [0.15, 0.2) is 0 Å². The van der Waals surface area contributed by atoms with Crippen LogP contribution in [0, 0.1) is 95.6 Å². The van der Waals surface area contributed by atoms with Crippen molar-refractivity contribution in [2.75, 3.05) is 13.1 Å². The molecule has 10 rings (SSSR count). The largest absolute Gasteiger partial charge is 0.481 e. The van der Waals surface area contributed by atoms with Crippen molar-refractivity contribution in [2.45, 2.75) is 191 Å². The zero-order valence-electron chi connectivity index (χ0n) is 42.6. The van der Waals surface area contributed by atoms with E-state index in [9.17, 15) is 24.6 Å². The Morgan fingerprint density at radius 2 is 1.32 bits per heavy atom. The maximum absolute atomic E-state index is 15.3. The molecule has 3 N–H and O–H groups in total. The highest BCUT2D eigenvalue weighted by atomic mass is 16.4. The van der Waals surface area contributed by atoms with Gasteiger partial charge in [0.2, 0.25) is 11.8 Å². The molecule has 8 nitrogen and oxygen atoms in total. The number of hydrogen-bond donors (Lipinski definition) is 3. The van der Waals surface area contributed by atoms with Crippen LogP contribution in [0.15, 0.2) is 30.3 Å². The highest BCUT2D eigenvalue weighted by Gasteiger charge is 2.81. The molecule has 9 fully saturated rings. The second kappa shape index (κ2) is 14.8. The molecule has 0 radical (unpaired) electrons. The van der Waals surface area contributed by atoms with Crippen LogP contribution < -0.4 is 5.32 Å². The Hall–Kier alpha value is -2.90. The number of carboxylic acids is 2. The highest BCUT2D eigenvalue weighted by molar-refractivity contribution is 5.87. The van der Waals surface area contributed by atoms with Crippen LogP contribution in [0.5, 0.6) is 0 Å². The molecule has 0 aromatic heterocycles. The van der Waals surface area contributed by atoms with Crippen LogP contribution in [-0.4, -0.2) is 58.0 Å². The first-order chi connectivity index (χ1) is 30.8. The summed E-state index contributed by atoms with van der Waals surface area (Å²) in [7, 11) is 0. The van der Waals surface area contributed by atoms with E-state index in [1.54, 1.807) is 0 Å². The second-order valence-corrected chi connectivity index (χ2v) is 27.7. The number of likely N-dealkylation sites (tertiary alicyclic amines) is 1. The van der Waals surface area contributed by atoms with Crippen LogP contribution in [0.2, 0.25) is 0 Å². The third-order valence-electron chi connectivity index (χ3n) is 25.0. The summed E-state index contributed by atoms with van der Waals surface area (Å²) in [5.74, 6) is 0.996. The Bertz CT molecular complexity index is 2150. The summed E-state index contributed by atoms with van der Waals surface area (Å²) in [5, 5.41) is 26.2. The maximum atomic E-state index is 15.3. The molecule has 0 unspecified atom stereocenters. The molecule has 0 bridgehead atoms. The van der Waals surface area contributed by atoms with Crippen molar-refractivity contribution in [2.24, 2.45) is 95.6 Å². The summed E-state index contributed by atoms with van der Waals surface area (Å²) in [6.07, 6.45) is 17.6. The standard InChI is InChI=1S/C58H86N2O6/c1-49(2)39(45(61)60-31-15-12-16-32-60)33-43(49)59-46(62)56-26-21-37(52(7)27-28-52)44(56)38-19-20-42-53(8)24-22-41(50(3,4)40(53)23-25-55(42,10)54(38,9)29-30-56)58(48(65)66)35-57(47(63)64,51(58,5)6)34-36-17-13-11-14-18-36/h11,13-14,17-18,37-44H,12,15-16,19-35H2,1-10H3,(H,59,62)(H,63,64)(H,65,66)/t37-,38-,39-,40-,41+,42-,43-,44-,53-,54-,55-,56+,57+,58-/m1/s1. The predicted molar refractivity (Wildman–Crippen MR) is 258 cm³/mol. The van der Waals surface area contributed by atoms with Crippen molar-refractivity contribution in [1.29, 1.82) is 0 Å². The van der Waals surface area contributed by atoms with Gasteiger partial charge in [-0.25, -0.2) is 0 Å². The molecule has 8 heteroatoms. The number of aliphatic carboxylic acids is 2. The molecule has 14 atom stereocenters. The van der Waals surface area contributed by atoms with Gasteiger partial charge in [0, 0.05) is 25.0 Å². The van der Waals surface area contributed by atoms with Gasteiger partial charge in [-0.15, -0.1) is 0 Å². The van der Waals surface area contributed by atoms with Crippen molar-refractivity contribution in [3.63, 3.8) is 0 Å². The number of benzene rings is 1. The fourth-order valence-corrected chi connectivity index (χ4v) is 20.4. The molecule has 364 valence electrons. The Balaban J connectivity index is 0.916. The molecule has 9 aliphatic rings. The minimum atomic E-state index is -1.16. The van der Waals surface area contributed by atoms with Gasteiger partial charge in [0.1, 0.15) is 0 Å². The lowest BCUT2D eigenvalue weighted by Crippen LogP contribution is -2.75. The summed E-state index contributed by atoms with van der Waals surface area (Å²) in [5.41, 5.74) is -2.69. The molecular weight excluding hydrogens is 821 g/mol. The number of carbonyl (C=O) groups is 4. The average molecular weight is 907 g/mol. The van der Waals surface area contributed by atoms with Gasteiger partial charge in [-0.2, -0.15) is 0 Å². The van der Waals surface area contributed by atoms with Gasteiger partial charge in [-0.1, -0.05) is 99.6 Å². The van der Waals surface area contributed by atoms with Gasteiger partial charge in [0.25, 0.3) is 0 Å². The molecule has 2 amide bonds. The number of nitrogens with zero attached hydrogens (tertiary/aromatic N) is 1. The summed E-state index contributed by atoms with van der Waals surface area (Å²) < 4.78 is 0. The molecule has 1 aromatic carbocycles. The Morgan fingerprint density at radius 3 is 1.92 bits per heavy atom. The van der Waals surface area contributed by atoms with E-state index in [0.29, 0.717) is 53.2 Å². The quantitative estimate of drug-likeness (QED) is 0.227. The van der Waals surface area contributed by atoms with Gasteiger partial charge in [-0.3, -0.25) is 19.2 Å². The van der Waals surface area contributed by atoms with E-state index in [-0.39, 0.29) is 56.8 Å². The third kappa shape index (κ3) is 5.86. The zero-order chi connectivity index (χ0) is 47.5. The Kier molecular flexibility index (Phi) is 10.5. The van der Waals surface area contributed by atoms with Gasteiger partial charge >= 0.3 is 11.9 Å². The first-order valence-corrected chi connectivity index (χ1v) is 26.9. The minimum absolute atomic E-state index is 0.0230. The van der Waals surface area contributed by atoms with Crippen LogP contribution in [0.25, 0.3) is 0 Å². The van der Waals surface area contributed by atoms with Crippen molar-refractivity contribution >= 4 is 23.8 Å². The lowest BCUT2D eigenvalue weighted by atomic mass is 9.27. The van der Waals surface area contributed by atoms with Crippen LogP contribution in [0.1, 0.15) is 184 Å². The number of carboxylic acid groups (broad SMARTS) is 2. The fraction of sp³-hybridized carbons (Fsp3) is 0.828. The topological polar surface area (TPSA) is 124 Å². The monoisotopic (exact) mass is 907 g/mol. The number of amides is 2. The van der Waals surface area contributed by atoms with E-state index in [1.807, 2.05) is 44.2 Å². The highest BCUT2D eigenvalue weighted by Crippen LogP contribution is 2.82. The smallest absolute Gasteiger partial charge is 0.310 e. The SMILES string of the molecule is CC1([C@@H]2CC[C@]3(C(=O)N[C@@H]4C[C@H](C(=O)N5CCCCC5)C4(C)C)CC[C@]4(C)[C@H](CC[C@@H]5[C@]6(C)CC[C@H]([C@@]7(C(=O)O)C[C@@](Cc8ccccc8)(C(=O)O)C7(C)C)C(C)(C)[C@H]6CC[C@]54C)[C@@H]23)CC1. The van der Waals surface area contributed by atoms with Crippen molar-refractivity contribution in [3.05, 3.63) is 35.9 Å². The molecule has 1 heterocycles. The third-order valence-corrected chi connectivity index (χ3v) is 25.0. The lowest BCUT2D eigenvalue weighted by Gasteiger charge is -2.76. The Morgan fingerprint density at radius 1 is 0.652 bits per heavy atom. The van der Waals surface area contributed by atoms with Gasteiger partial charge in [0.05, 0.1) is 16.2 Å². The minimum Gasteiger partial charge on any atom is -0.481 e. The van der Waals surface area contributed by atoms with E-state index < -0.39 is 28.2 Å². The number of carbonyl (C=O) groups excluding carboxylic acids is 2. The van der Waals surface area contributed by atoms with Gasteiger partial charge < -0.3 is 20.4 Å². The van der Waals surface area contributed by atoms with E-state index in [0.717, 1.165) is 102 Å².